The number of nitrogens with two attached hydrogens (primary N) is 1. The van der Waals surface area contributed by atoms with Crippen LogP contribution in [0, 0.1) is 0 Å². The van der Waals surface area contributed by atoms with Gasteiger partial charge in [-0.05, 0) is 25.3 Å². The molecule has 0 aliphatic rings. The Kier molecular flexibility index (Phi) is 5.17. The van der Waals surface area contributed by atoms with Gasteiger partial charge in [0.25, 0.3) is 0 Å². The minimum absolute atomic E-state index is 0.0975. The highest BCUT2D eigenvalue weighted by Gasteiger charge is 2.19. The average Bonchev–Trinajstić information content (AvgIpc) is 3.06. The van der Waals surface area contributed by atoms with Crippen LogP contribution in [0.3, 0.4) is 0 Å². The van der Waals surface area contributed by atoms with Crippen LogP contribution in [0.15, 0.2) is 12.3 Å². The summed E-state index contributed by atoms with van der Waals surface area (Å²) in [6.45, 7) is 7.35. The van der Waals surface area contributed by atoms with Crippen LogP contribution in [0.25, 0.3) is 0 Å². The van der Waals surface area contributed by atoms with Crippen molar-refractivity contribution in [1.82, 2.24) is 19.6 Å². The molecule has 0 spiro atoms. The lowest BCUT2D eigenvalue weighted by molar-refractivity contribution is 0.558. The quantitative estimate of drug-likeness (QED) is 0.851. The second kappa shape index (κ2) is 6.89. The molecule has 5 nitrogen and oxygen atoms in total. The molecule has 21 heavy (non-hydrogen) atoms. The third-order valence-corrected chi connectivity index (χ3v) is 4.16. The third-order valence-electron chi connectivity index (χ3n) is 4.16. The van der Waals surface area contributed by atoms with E-state index < -0.39 is 0 Å². The maximum absolute atomic E-state index is 6.31. The lowest BCUT2D eigenvalue weighted by Gasteiger charge is -2.12. The maximum atomic E-state index is 6.31. The van der Waals surface area contributed by atoms with E-state index in [0.29, 0.717) is 0 Å². The Hall–Kier alpha value is -1.62. The smallest absolute Gasteiger partial charge is 0.0672 e. The van der Waals surface area contributed by atoms with Crippen molar-refractivity contribution in [3.8, 4) is 0 Å². The molecule has 0 aliphatic heterocycles. The summed E-state index contributed by atoms with van der Waals surface area (Å²) in [5, 5.41) is 9.02. The van der Waals surface area contributed by atoms with Crippen LogP contribution in [-0.4, -0.2) is 19.6 Å². The fraction of sp³-hybridized carbons (Fsp3) is 0.625. The molecule has 2 rings (SSSR count). The highest BCUT2D eigenvalue weighted by atomic mass is 15.3. The first-order chi connectivity index (χ1) is 10.1. The van der Waals surface area contributed by atoms with Crippen molar-refractivity contribution in [1.29, 1.82) is 0 Å². The van der Waals surface area contributed by atoms with E-state index in [1.807, 2.05) is 17.9 Å². The predicted octanol–water partition coefficient (Wildman–Crippen LogP) is 2.39. The van der Waals surface area contributed by atoms with E-state index >= 15 is 0 Å². The summed E-state index contributed by atoms with van der Waals surface area (Å²) >= 11 is 0. The molecular formula is C16H27N5. The highest BCUT2D eigenvalue weighted by molar-refractivity contribution is 5.30. The summed E-state index contributed by atoms with van der Waals surface area (Å²) in [7, 11) is 1.98. The van der Waals surface area contributed by atoms with Crippen molar-refractivity contribution in [2.45, 2.75) is 59.0 Å². The molecule has 1 unspecified atom stereocenters. The monoisotopic (exact) mass is 289 g/mol. The predicted molar refractivity (Wildman–Crippen MR) is 85.1 cm³/mol. The normalized spacial score (nSPS) is 12.8. The standard InChI is InChI=1S/C16H27N5/c1-5-13(17)16-14(6-2)19-21(15(16)7-3)11-9-12-8-10-18-20(12)4/h8,10,13H,5-7,9,11,17H2,1-4H3. The molecular weight excluding hydrogens is 262 g/mol. The van der Waals surface area contributed by atoms with Crippen molar-refractivity contribution >= 4 is 0 Å². The molecule has 2 aromatic heterocycles. The van der Waals surface area contributed by atoms with Crippen LogP contribution < -0.4 is 5.73 Å². The van der Waals surface area contributed by atoms with Crippen LogP contribution in [0.4, 0.5) is 0 Å². The molecule has 2 N–H and O–H groups in total. The van der Waals surface area contributed by atoms with Gasteiger partial charge in [-0.15, -0.1) is 0 Å². The van der Waals surface area contributed by atoms with Gasteiger partial charge in [-0.2, -0.15) is 10.2 Å². The van der Waals surface area contributed by atoms with Gasteiger partial charge < -0.3 is 5.73 Å². The van der Waals surface area contributed by atoms with Crippen molar-refractivity contribution in [2.75, 3.05) is 0 Å². The Morgan fingerprint density at radius 1 is 1.24 bits per heavy atom. The Morgan fingerprint density at radius 3 is 2.52 bits per heavy atom. The van der Waals surface area contributed by atoms with E-state index in [1.54, 1.807) is 0 Å². The topological polar surface area (TPSA) is 61.7 Å². The Labute approximate surface area is 127 Å². The van der Waals surface area contributed by atoms with Gasteiger partial charge in [0.2, 0.25) is 0 Å². The second-order valence-electron chi connectivity index (χ2n) is 5.45. The van der Waals surface area contributed by atoms with Gasteiger partial charge in [0.1, 0.15) is 0 Å². The number of aryl methyl sites for hydroxylation is 4. The SMILES string of the molecule is CCc1nn(CCc2ccnn2C)c(CC)c1C(N)CC. The van der Waals surface area contributed by atoms with Crippen molar-refractivity contribution < 1.29 is 0 Å². The molecule has 2 aromatic rings. The highest BCUT2D eigenvalue weighted by Crippen LogP contribution is 2.24. The van der Waals surface area contributed by atoms with Crippen molar-refractivity contribution in [3.63, 3.8) is 0 Å². The molecule has 0 fully saturated rings. The number of hydrogen-bond acceptors (Lipinski definition) is 3. The molecule has 0 aromatic carbocycles. The summed E-state index contributed by atoms with van der Waals surface area (Å²) < 4.78 is 4.07. The lowest BCUT2D eigenvalue weighted by atomic mass is 10.00. The van der Waals surface area contributed by atoms with Crippen LogP contribution >= 0.6 is 0 Å². The molecule has 0 saturated carbocycles. The van der Waals surface area contributed by atoms with E-state index in [9.17, 15) is 0 Å². The third kappa shape index (κ3) is 3.18. The first-order valence-electron chi connectivity index (χ1n) is 7.93. The molecule has 0 amide bonds. The Bertz CT molecular complexity index is 582. The summed E-state index contributed by atoms with van der Waals surface area (Å²) in [6.07, 6.45) is 5.65. The minimum Gasteiger partial charge on any atom is -0.324 e. The van der Waals surface area contributed by atoms with Gasteiger partial charge in [-0.1, -0.05) is 20.8 Å². The molecule has 0 radical (unpaired) electrons. The minimum atomic E-state index is 0.0975. The number of rotatable bonds is 7. The first-order valence-corrected chi connectivity index (χ1v) is 7.93. The van der Waals surface area contributed by atoms with Gasteiger partial charge in [0.15, 0.2) is 0 Å². The van der Waals surface area contributed by atoms with E-state index in [2.05, 4.69) is 36.6 Å². The number of aromatic nitrogens is 4. The summed E-state index contributed by atoms with van der Waals surface area (Å²) in [5.41, 5.74) is 11.3. The van der Waals surface area contributed by atoms with Crippen molar-refractivity contribution in [2.24, 2.45) is 12.8 Å². The first kappa shape index (κ1) is 15.8. The average molecular weight is 289 g/mol. The zero-order valence-electron chi connectivity index (χ0n) is 13.6. The summed E-state index contributed by atoms with van der Waals surface area (Å²) in [4.78, 5) is 0. The van der Waals surface area contributed by atoms with Gasteiger partial charge in [0.05, 0.1) is 5.69 Å². The molecule has 0 saturated heterocycles. The second-order valence-corrected chi connectivity index (χ2v) is 5.45. The van der Waals surface area contributed by atoms with E-state index in [-0.39, 0.29) is 6.04 Å². The Balaban J connectivity index is 2.26. The summed E-state index contributed by atoms with van der Waals surface area (Å²) in [5.74, 6) is 0. The zero-order valence-corrected chi connectivity index (χ0v) is 13.6. The van der Waals surface area contributed by atoms with Crippen LogP contribution in [0.2, 0.25) is 0 Å². The number of hydrogen-bond donors (Lipinski definition) is 1. The van der Waals surface area contributed by atoms with Crippen LogP contribution in [0.1, 0.15) is 55.9 Å². The van der Waals surface area contributed by atoms with E-state index in [1.165, 1.54) is 17.0 Å². The fourth-order valence-corrected chi connectivity index (χ4v) is 2.88. The largest absolute Gasteiger partial charge is 0.324 e. The molecule has 116 valence electrons. The summed E-state index contributed by atoms with van der Waals surface area (Å²) in [6, 6.07) is 2.16. The zero-order chi connectivity index (χ0) is 15.4. The molecule has 1 atom stereocenters. The van der Waals surface area contributed by atoms with E-state index in [4.69, 9.17) is 10.8 Å². The Morgan fingerprint density at radius 2 is 2.00 bits per heavy atom. The molecule has 5 heteroatoms. The number of nitrogens with zero attached hydrogens (tertiary/aromatic N) is 4. The van der Waals surface area contributed by atoms with Gasteiger partial charge in [0, 0.05) is 49.2 Å². The van der Waals surface area contributed by atoms with Crippen LogP contribution in [0.5, 0.6) is 0 Å². The van der Waals surface area contributed by atoms with Gasteiger partial charge in [-0.3, -0.25) is 9.36 Å². The molecule has 0 bridgehead atoms. The molecule has 0 aliphatic carbocycles. The van der Waals surface area contributed by atoms with Gasteiger partial charge >= 0.3 is 0 Å². The maximum Gasteiger partial charge on any atom is 0.0672 e. The van der Waals surface area contributed by atoms with E-state index in [0.717, 1.165) is 37.9 Å². The van der Waals surface area contributed by atoms with Crippen molar-refractivity contribution in [3.05, 3.63) is 34.9 Å². The van der Waals surface area contributed by atoms with Gasteiger partial charge in [-0.25, -0.2) is 0 Å². The lowest BCUT2D eigenvalue weighted by Crippen LogP contribution is -2.14. The fourth-order valence-electron chi connectivity index (χ4n) is 2.88. The van der Waals surface area contributed by atoms with Crippen LogP contribution in [-0.2, 0) is 32.9 Å². The molecule has 2 heterocycles.